The first kappa shape index (κ1) is 19.3. The van der Waals surface area contributed by atoms with Gasteiger partial charge in [-0.1, -0.05) is 20.8 Å². The first-order chi connectivity index (χ1) is 8.56. The fourth-order valence-corrected chi connectivity index (χ4v) is 0.815. The fourth-order valence-electron chi connectivity index (χ4n) is 0.815. The summed E-state index contributed by atoms with van der Waals surface area (Å²) in [6.07, 6.45) is 3.01. The Morgan fingerprint density at radius 2 is 1.61 bits per heavy atom. The Morgan fingerprint density at radius 1 is 1.11 bits per heavy atom. The summed E-state index contributed by atoms with van der Waals surface area (Å²) in [6.45, 7) is 5.71. The van der Waals surface area contributed by atoms with Crippen molar-refractivity contribution in [2.45, 2.75) is 52.9 Å². The lowest BCUT2D eigenvalue weighted by Crippen LogP contribution is -2.32. The zero-order chi connectivity index (χ0) is 14.4. The summed E-state index contributed by atoms with van der Waals surface area (Å²) >= 11 is 3.92. The average molecular weight is 277 g/mol. The minimum absolute atomic E-state index is 0.193. The van der Waals surface area contributed by atoms with E-state index in [1.54, 1.807) is 13.8 Å². The van der Waals surface area contributed by atoms with Crippen molar-refractivity contribution in [3.8, 4) is 0 Å². The van der Waals surface area contributed by atoms with Crippen LogP contribution in [0, 0.1) is 0 Å². The van der Waals surface area contributed by atoms with Gasteiger partial charge in [0.2, 0.25) is 0 Å². The van der Waals surface area contributed by atoms with E-state index in [4.69, 9.17) is 0 Å². The Morgan fingerprint density at radius 3 is 1.94 bits per heavy atom. The number of carbonyl (C=O) groups is 3. The molecule has 0 fully saturated rings. The van der Waals surface area contributed by atoms with Crippen LogP contribution in [0.3, 0.4) is 0 Å². The van der Waals surface area contributed by atoms with Crippen LogP contribution in [0.4, 0.5) is 0 Å². The second-order valence-electron chi connectivity index (χ2n) is 3.51. The van der Waals surface area contributed by atoms with Crippen LogP contribution in [0.1, 0.15) is 52.9 Å². The highest BCUT2D eigenvalue weighted by molar-refractivity contribution is 7.80. The normalized spacial score (nSPS) is 8.89. The predicted molar refractivity (Wildman–Crippen MR) is 73.0 cm³/mol. The lowest BCUT2D eigenvalue weighted by molar-refractivity contribution is -0.196. The number of amides is 2. The topological polar surface area (TPSA) is 63.7 Å². The van der Waals surface area contributed by atoms with Crippen LogP contribution in [-0.4, -0.2) is 29.1 Å². The number of hydrogen-bond donors (Lipinski definition) is 1. The molecular weight excluding hydrogens is 254 g/mol. The number of imide groups is 1. The van der Waals surface area contributed by atoms with Crippen LogP contribution in [0.5, 0.6) is 0 Å². The van der Waals surface area contributed by atoms with Crippen molar-refractivity contribution in [3.63, 3.8) is 0 Å². The Kier molecular flexibility index (Phi) is 15.0. The van der Waals surface area contributed by atoms with E-state index in [0.29, 0.717) is 17.9 Å². The van der Waals surface area contributed by atoms with Gasteiger partial charge in [-0.25, -0.2) is 4.79 Å². The van der Waals surface area contributed by atoms with Crippen LogP contribution >= 0.6 is 12.6 Å². The quantitative estimate of drug-likeness (QED) is 0.460. The van der Waals surface area contributed by atoms with Gasteiger partial charge in [0.05, 0.1) is 0 Å². The number of thiol groups is 1. The smallest absolute Gasteiger partial charge is 0.331 e. The van der Waals surface area contributed by atoms with E-state index in [1.165, 1.54) is 6.42 Å². The van der Waals surface area contributed by atoms with Crippen molar-refractivity contribution in [3.05, 3.63) is 0 Å². The lowest BCUT2D eigenvalue weighted by atomic mass is 10.3. The van der Waals surface area contributed by atoms with Crippen molar-refractivity contribution < 1.29 is 19.2 Å². The summed E-state index contributed by atoms with van der Waals surface area (Å²) in [5.41, 5.74) is 0. The van der Waals surface area contributed by atoms with E-state index in [2.05, 4.69) is 24.4 Å². The van der Waals surface area contributed by atoms with Gasteiger partial charge in [0.1, 0.15) is 0 Å². The molecule has 0 aliphatic carbocycles. The molecule has 0 spiro atoms. The van der Waals surface area contributed by atoms with Gasteiger partial charge >= 0.3 is 5.97 Å². The van der Waals surface area contributed by atoms with Gasteiger partial charge in [-0.3, -0.25) is 9.59 Å². The zero-order valence-electron chi connectivity index (χ0n) is 11.3. The molecule has 2 amide bonds. The molecule has 18 heavy (non-hydrogen) atoms. The molecule has 0 aliphatic rings. The van der Waals surface area contributed by atoms with Crippen molar-refractivity contribution in [2.75, 3.05) is 5.75 Å². The molecule has 0 saturated carbocycles. The summed E-state index contributed by atoms with van der Waals surface area (Å²) in [5.74, 6) is -0.0454. The van der Waals surface area contributed by atoms with Crippen LogP contribution in [0.25, 0.3) is 0 Å². The lowest BCUT2D eigenvalue weighted by Gasteiger charge is -2.13. The molecule has 0 aromatic rings. The summed E-state index contributed by atoms with van der Waals surface area (Å²) in [6, 6.07) is 0. The van der Waals surface area contributed by atoms with Gasteiger partial charge < -0.3 is 4.84 Å². The molecule has 0 aliphatic heterocycles. The maximum atomic E-state index is 11.1. The van der Waals surface area contributed by atoms with E-state index < -0.39 is 11.9 Å². The highest BCUT2D eigenvalue weighted by atomic mass is 32.1. The van der Waals surface area contributed by atoms with Crippen molar-refractivity contribution >= 4 is 30.9 Å². The van der Waals surface area contributed by atoms with Crippen LogP contribution in [0.15, 0.2) is 0 Å². The number of hydroxylamine groups is 2. The SMILES string of the molecule is CCCC(=O)ON(C=O)C(=O)CCC.CCCS. The second kappa shape index (κ2) is 14.0. The Bertz CT molecular complexity index is 244. The monoisotopic (exact) mass is 277 g/mol. The van der Waals surface area contributed by atoms with Gasteiger partial charge in [-0.15, -0.1) is 5.06 Å². The third-order valence-corrected chi connectivity index (χ3v) is 2.13. The van der Waals surface area contributed by atoms with E-state index in [-0.39, 0.29) is 19.3 Å². The average Bonchev–Trinajstić information content (AvgIpc) is 2.36. The molecule has 0 bridgehead atoms. The molecule has 0 atom stereocenters. The highest BCUT2D eigenvalue weighted by Crippen LogP contribution is 1.99. The molecule has 0 heterocycles. The van der Waals surface area contributed by atoms with E-state index in [9.17, 15) is 14.4 Å². The van der Waals surface area contributed by atoms with Crippen molar-refractivity contribution in [2.24, 2.45) is 0 Å². The van der Waals surface area contributed by atoms with Gasteiger partial charge in [0.15, 0.2) is 0 Å². The Hall–Kier alpha value is -1.04. The first-order valence-corrected chi connectivity index (χ1v) is 6.79. The summed E-state index contributed by atoms with van der Waals surface area (Å²) in [4.78, 5) is 37.0. The largest absolute Gasteiger partial charge is 0.333 e. The minimum atomic E-state index is -0.566. The van der Waals surface area contributed by atoms with Crippen molar-refractivity contribution in [1.82, 2.24) is 5.06 Å². The number of rotatable bonds is 6. The van der Waals surface area contributed by atoms with Crippen LogP contribution < -0.4 is 0 Å². The minimum Gasteiger partial charge on any atom is -0.331 e. The summed E-state index contributed by atoms with van der Waals surface area (Å²) in [7, 11) is 0. The molecule has 0 rings (SSSR count). The standard InChI is InChI=1S/C9H15NO4.C3H8S/c1-3-5-8(12)10(7-11)14-9(13)6-4-2;1-2-3-4/h7H,3-6H2,1-2H3;4H,2-3H2,1H3. The third kappa shape index (κ3) is 11.4. The van der Waals surface area contributed by atoms with E-state index >= 15 is 0 Å². The number of carbonyl (C=O) groups excluding carboxylic acids is 3. The van der Waals surface area contributed by atoms with E-state index in [1.807, 2.05) is 0 Å². The zero-order valence-corrected chi connectivity index (χ0v) is 12.2. The number of nitrogens with zero attached hydrogens (tertiary/aromatic N) is 1. The summed E-state index contributed by atoms with van der Waals surface area (Å²) in [5, 5.41) is 0.460. The molecule has 0 radical (unpaired) electrons. The Balaban J connectivity index is 0. The maximum Gasteiger partial charge on any atom is 0.333 e. The molecule has 5 nitrogen and oxygen atoms in total. The summed E-state index contributed by atoms with van der Waals surface area (Å²) < 4.78 is 0. The van der Waals surface area contributed by atoms with Gasteiger partial charge in [0, 0.05) is 12.8 Å². The van der Waals surface area contributed by atoms with Crippen LogP contribution in [0.2, 0.25) is 0 Å². The number of hydrogen-bond acceptors (Lipinski definition) is 5. The second-order valence-corrected chi connectivity index (χ2v) is 3.96. The first-order valence-electron chi connectivity index (χ1n) is 6.16. The molecule has 106 valence electrons. The molecule has 0 aromatic carbocycles. The molecule has 0 N–H and O–H groups in total. The fraction of sp³-hybridized carbons (Fsp3) is 0.750. The van der Waals surface area contributed by atoms with Crippen molar-refractivity contribution in [1.29, 1.82) is 0 Å². The molecule has 0 saturated heterocycles. The van der Waals surface area contributed by atoms with Gasteiger partial charge in [-0.05, 0) is 25.0 Å². The van der Waals surface area contributed by atoms with Gasteiger partial charge in [0.25, 0.3) is 12.3 Å². The predicted octanol–water partition coefficient (Wildman–Crippen LogP) is 2.36. The molecule has 0 aromatic heterocycles. The molecule has 0 unspecified atom stereocenters. The molecular formula is C12H23NO4S. The maximum absolute atomic E-state index is 11.1. The van der Waals surface area contributed by atoms with Gasteiger partial charge in [-0.2, -0.15) is 12.6 Å². The van der Waals surface area contributed by atoms with E-state index in [0.717, 1.165) is 5.75 Å². The Labute approximate surface area is 114 Å². The highest BCUT2D eigenvalue weighted by Gasteiger charge is 2.16. The third-order valence-electron chi connectivity index (χ3n) is 1.68. The van der Waals surface area contributed by atoms with Crippen LogP contribution in [-0.2, 0) is 19.2 Å². The molecule has 6 heteroatoms.